The van der Waals surface area contributed by atoms with Gasteiger partial charge in [-0.1, -0.05) is 0 Å². The lowest BCUT2D eigenvalue weighted by molar-refractivity contribution is 0.770. The summed E-state index contributed by atoms with van der Waals surface area (Å²) in [5, 5.41) is 0. The molecular formula is C8H5Cl4N5O3. The van der Waals surface area contributed by atoms with Crippen LogP contribution in [-0.2, 0) is 5.88 Å². The second kappa shape index (κ2) is 7.44. The van der Waals surface area contributed by atoms with Gasteiger partial charge in [0.2, 0.25) is 0 Å². The highest BCUT2D eigenvalue weighted by Crippen LogP contribution is 1.90. The first-order valence-electron chi connectivity index (χ1n) is 4.71. The number of nitrogens with zero attached hydrogens (tertiary/aromatic N) is 5. The second-order valence-corrected chi connectivity index (χ2v) is 4.27. The molecule has 0 spiro atoms. The molecule has 20 heavy (non-hydrogen) atoms. The first kappa shape index (κ1) is 16.7. The van der Waals surface area contributed by atoms with E-state index in [0.717, 1.165) is 0 Å². The molecule has 0 amide bonds. The van der Waals surface area contributed by atoms with Crippen molar-refractivity contribution >= 4 is 46.9 Å². The summed E-state index contributed by atoms with van der Waals surface area (Å²) in [5.41, 5.74) is -3.49. The molecule has 0 unspecified atom stereocenters. The van der Waals surface area contributed by atoms with Gasteiger partial charge in [-0.25, -0.2) is 24.4 Å². The Labute approximate surface area is 131 Å². The molecule has 0 saturated heterocycles. The van der Waals surface area contributed by atoms with E-state index >= 15 is 0 Å². The van der Waals surface area contributed by atoms with Gasteiger partial charge in [-0.05, 0) is 6.07 Å². The quantitative estimate of drug-likeness (QED) is 0.686. The molecule has 0 atom stereocenters. The van der Waals surface area contributed by atoms with Gasteiger partial charge < -0.3 is 0 Å². The van der Waals surface area contributed by atoms with Gasteiger partial charge in [-0.3, -0.25) is 0 Å². The van der Waals surface area contributed by atoms with Crippen molar-refractivity contribution in [1.82, 2.24) is 22.2 Å². The van der Waals surface area contributed by atoms with Crippen molar-refractivity contribution in [3.63, 3.8) is 0 Å². The average molecular weight is 361 g/mol. The summed E-state index contributed by atoms with van der Waals surface area (Å²) in [6.45, 7) is 0. The maximum absolute atomic E-state index is 10.8. The van der Waals surface area contributed by atoms with Crippen molar-refractivity contribution in [2.75, 3.05) is 0 Å². The van der Waals surface area contributed by atoms with Crippen molar-refractivity contribution in [3.8, 4) is 0 Å². The predicted octanol–water partition coefficient (Wildman–Crippen LogP) is 0.393. The van der Waals surface area contributed by atoms with Crippen LogP contribution in [0.15, 0.2) is 32.8 Å². The minimum Gasteiger partial charge on any atom is -0.244 e. The van der Waals surface area contributed by atoms with Crippen LogP contribution in [0.2, 0.25) is 0 Å². The van der Waals surface area contributed by atoms with E-state index in [1.165, 1.54) is 0 Å². The molecule has 0 aliphatic rings. The van der Waals surface area contributed by atoms with Gasteiger partial charge in [0.25, 0.3) is 0 Å². The normalized spacial score (nSPS) is 9.80. The summed E-state index contributed by atoms with van der Waals surface area (Å²) in [6.07, 6.45) is 3.34. The van der Waals surface area contributed by atoms with E-state index in [2.05, 4.69) is 9.97 Å². The molecule has 2 aromatic rings. The van der Waals surface area contributed by atoms with E-state index in [1.807, 2.05) is 0 Å². The van der Waals surface area contributed by atoms with Crippen molar-refractivity contribution in [2.45, 2.75) is 5.88 Å². The smallest absolute Gasteiger partial charge is 0.244 e. The highest BCUT2D eigenvalue weighted by Gasteiger charge is 2.10. The molecule has 8 nitrogen and oxygen atoms in total. The number of alkyl halides is 1. The highest BCUT2D eigenvalue weighted by atomic mass is 35.5. The Morgan fingerprint density at radius 2 is 1.20 bits per heavy atom. The van der Waals surface area contributed by atoms with Gasteiger partial charge in [0.1, 0.15) is 5.82 Å². The lowest BCUT2D eigenvalue weighted by Gasteiger charge is -1.96. The summed E-state index contributed by atoms with van der Waals surface area (Å²) in [5.74, 6) is 1.06. The molecular weight excluding hydrogens is 356 g/mol. The van der Waals surface area contributed by atoms with E-state index in [9.17, 15) is 14.4 Å². The fourth-order valence-corrected chi connectivity index (χ4v) is 1.58. The van der Waals surface area contributed by atoms with Gasteiger partial charge in [0, 0.05) is 47.7 Å². The molecule has 0 radical (unpaired) electrons. The Bertz CT molecular complexity index is 652. The summed E-state index contributed by atoms with van der Waals surface area (Å²) in [4.78, 5) is 40.0. The third kappa shape index (κ3) is 3.83. The van der Waals surface area contributed by atoms with E-state index < -0.39 is 17.1 Å². The topological polar surface area (TPSA) is 91.8 Å². The van der Waals surface area contributed by atoms with E-state index in [4.69, 9.17) is 46.9 Å². The maximum Gasteiger partial charge on any atom is 0.366 e. The molecule has 0 fully saturated rings. The number of hydrogen-bond acceptors (Lipinski definition) is 5. The number of aromatic nitrogens is 5. The Balaban J connectivity index is 0.000000217. The van der Waals surface area contributed by atoms with E-state index in [1.54, 1.807) is 18.5 Å². The number of hydrogen-bond donors (Lipinski definition) is 0. The third-order valence-corrected chi connectivity index (χ3v) is 2.85. The third-order valence-electron chi connectivity index (χ3n) is 1.75. The number of rotatable bonds is 1. The molecule has 108 valence electrons. The van der Waals surface area contributed by atoms with Gasteiger partial charge in [0.05, 0.1) is 5.88 Å². The minimum absolute atomic E-state index is 0.0847. The maximum atomic E-state index is 10.8. The van der Waals surface area contributed by atoms with Crippen molar-refractivity contribution in [1.29, 1.82) is 0 Å². The summed E-state index contributed by atoms with van der Waals surface area (Å²) < 4.78 is 0.254. The lowest BCUT2D eigenvalue weighted by Crippen LogP contribution is -2.47. The van der Waals surface area contributed by atoms with Crippen molar-refractivity contribution in [3.05, 3.63) is 55.7 Å². The average Bonchev–Trinajstić information content (AvgIpc) is 2.50. The van der Waals surface area contributed by atoms with Crippen LogP contribution in [0.4, 0.5) is 0 Å². The Morgan fingerprint density at radius 1 is 0.850 bits per heavy atom. The molecule has 0 aliphatic carbocycles. The van der Waals surface area contributed by atoms with Crippen LogP contribution in [-0.4, -0.2) is 22.2 Å². The van der Waals surface area contributed by atoms with Crippen LogP contribution in [0.3, 0.4) is 0 Å². The zero-order chi connectivity index (χ0) is 15.3. The van der Waals surface area contributed by atoms with Crippen molar-refractivity contribution in [2.24, 2.45) is 0 Å². The fraction of sp³-hybridized carbons (Fsp3) is 0.125. The van der Waals surface area contributed by atoms with Gasteiger partial charge >= 0.3 is 17.1 Å². The van der Waals surface area contributed by atoms with Gasteiger partial charge in [0.15, 0.2) is 0 Å². The van der Waals surface area contributed by atoms with E-state index in [-0.39, 0.29) is 12.3 Å². The Morgan fingerprint density at radius 3 is 1.45 bits per heavy atom. The standard InChI is InChI=1S/C5H5ClN2.C3Cl3N3O3/c6-4-5-7-2-1-3-8-5;4-7-1(10)8(5)3(12)9(6)2(7)11/h1-3H,4H2;. The Hall–Kier alpha value is -1.35. The molecule has 0 saturated carbocycles. The largest absolute Gasteiger partial charge is 0.366 e. The van der Waals surface area contributed by atoms with Crippen molar-refractivity contribution < 1.29 is 0 Å². The Kier molecular flexibility index (Phi) is 6.21. The number of halogens is 4. The zero-order valence-electron chi connectivity index (χ0n) is 9.41. The minimum atomic E-state index is -1.16. The zero-order valence-corrected chi connectivity index (χ0v) is 12.4. The fourth-order valence-electron chi connectivity index (χ4n) is 0.876. The molecule has 12 heteroatoms. The molecule has 0 N–H and O–H groups in total. The lowest BCUT2D eigenvalue weighted by atomic mass is 10.6. The molecule has 2 aromatic heterocycles. The van der Waals surface area contributed by atoms with Gasteiger partial charge in [-0.15, -0.1) is 23.9 Å². The summed E-state index contributed by atoms with van der Waals surface area (Å²) >= 11 is 20.7. The molecule has 2 heterocycles. The van der Waals surface area contributed by atoms with Crippen LogP contribution < -0.4 is 17.1 Å². The van der Waals surface area contributed by atoms with E-state index in [0.29, 0.717) is 11.7 Å². The van der Waals surface area contributed by atoms with Crippen LogP contribution >= 0.6 is 46.9 Å². The monoisotopic (exact) mass is 359 g/mol. The highest BCUT2D eigenvalue weighted by molar-refractivity contribution is 6.19. The molecule has 2 rings (SSSR count). The van der Waals surface area contributed by atoms with Crippen LogP contribution in [0, 0.1) is 0 Å². The second-order valence-electron chi connectivity index (χ2n) is 2.99. The SMILES string of the molecule is ClCc1ncccn1.O=c1n(Cl)c(=O)n(Cl)c(=O)n1Cl. The van der Waals surface area contributed by atoms with Gasteiger partial charge in [-0.2, -0.15) is 0 Å². The predicted molar refractivity (Wildman–Crippen MR) is 74.6 cm³/mol. The molecule has 0 bridgehead atoms. The molecule has 0 aromatic carbocycles. The van der Waals surface area contributed by atoms with Crippen LogP contribution in [0.5, 0.6) is 0 Å². The first-order valence-corrected chi connectivity index (χ1v) is 6.26. The summed E-state index contributed by atoms with van der Waals surface area (Å²) in [6, 6.07) is 1.76. The summed E-state index contributed by atoms with van der Waals surface area (Å²) in [7, 11) is 0. The van der Waals surface area contributed by atoms with Crippen LogP contribution in [0.25, 0.3) is 0 Å². The first-order chi connectivity index (χ1) is 9.40. The molecule has 0 aliphatic heterocycles. The van der Waals surface area contributed by atoms with Crippen LogP contribution in [0.1, 0.15) is 5.82 Å².